The third-order valence-corrected chi connectivity index (χ3v) is 17.5. The molecule has 6 atom stereocenters. The van der Waals surface area contributed by atoms with E-state index in [4.69, 9.17) is 37.0 Å². The van der Waals surface area contributed by atoms with Gasteiger partial charge >= 0.3 is 39.5 Å². The second-order valence-electron chi connectivity index (χ2n) is 24.1. The summed E-state index contributed by atoms with van der Waals surface area (Å²) >= 11 is 0. The fourth-order valence-electron chi connectivity index (χ4n) is 9.90. The Hall–Kier alpha value is -1.94. The Bertz CT molecular complexity index is 1650. The van der Waals surface area contributed by atoms with Gasteiger partial charge in [-0.15, -0.1) is 0 Å². The van der Waals surface area contributed by atoms with Gasteiger partial charge in [-0.3, -0.25) is 37.3 Å². The Labute approximate surface area is 517 Å². The Kier molecular flexibility index (Phi) is 58.3. The van der Waals surface area contributed by atoms with E-state index in [9.17, 15) is 43.2 Å². The van der Waals surface area contributed by atoms with Gasteiger partial charge in [0.2, 0.25) is 0 Å². The second kappa shape index (κ2) is 59.7. The lowest BCUT2D eigenvalue weighted by atomic mass is 9.99. The Balaban J connectivity index is 5.03. The van der Waals surface area contributed by atoms with Crippen molar-refractivity contribution in [2.24, 2.45) is 5.92 Å². The van der Waals surface area contributed by atoms with Gasteiger partial charge in [0, 0.05) is 25.7 Å². The number of phosphoric acid groups is 2. The van der Waals surface area contributed by atoms with Crippen molar-refractivity contribution in [2.45, 2.75) is 355 Å². The number of hydrogen-bond acceptors (Lipinski definition) is 15. The summed E-state index contributed by atoms with van der Waals surface area (Å²) in [4.78, 5) is 71.9. The van der Waals surface area contributed by atoms with Crippen molar-refractivity contribution < 1.29 is 80.2 Å². The summed E-state index contributed by atoms with van der Waals surface area (Å²) in [5.74, 6) is -1.27. The number of aliphatic hydroxyl groups excluding tert-OH is 1. The van der Waals surface area contributed by atoms with Crippen molar-refractivity contribution >= 4 is 39.5 Å². The van der Waals surface area contributed by atoms with Crippen LogP contribution in [0.15, 0.2) is 0 Å². The lowest BCUT2D eigenvalue weighted by Crippen LogP contribution is -2.30. The highest BCUT2D eigenvalue weighted by molar-refractivity contribution is 7.47. The van der Waals surface area contributed by atoms with Crippen LogP contribution in [0.1, 0.15) is 336 Å². The number of unbranched alkanes of at least 4 members (excludes halogenated alkanes) is 37. The summed E-state index contributed by atoms with van der Waals surface area (Å²) in [5.41, 5.74) is 0. The van der Waals surface area contributed by atoms with Crippen LogP contribution in [-0.2, 0) is 65.4 Å². The van der Waals surface area contributed by atoms with E-state index in [0.717, 1.165) is 121 Å². The minimum atomic E-state index is -4.94. The molecule has 3 N–H and O–H groups in total. The predicted octanol–water partition coefficient (Wildman–Crippen LogP) is 18.6. The van der Waals surface area contributed by atoms with Crippen molar-refractivity contribution in [3.8, 4) is 0 Å². The molecule has 0 aliphatic carbocycles. The fourth-order valence-corrected chi connectivity index (χ4v) is 11.5. The van der Waals surface area contributed by atoms with E-state index in [2.05, 4.69) is 34.6 Å². The van der Waals surface area contributed by atoms with Crippen LogP contribution in [0.3, 0.4) is 0 Å². The molecule has 0 heterocycles. The molecule has 19 heteroatoms. The highest BCUT2D eigenvalue weighted by Crippen LogP contribution is 2.45. The van der Waals surface area contributed by atoms with Crippen LogP contribution in [0.4, 0.5) is 0 Å². The Morgan fingerprint density at radius 3 is 0.835 bits per heavy atom. The van der Waals surface area contributed by atoms with Crippen LogP contribution >= 0.6 is 15.6 Å². The summed E-state index contributed by atoms with van der Waals surface area (Å²) < 4.78 is 67.8. The molecule has 0 aromatic carbocycles. The highest BCUT2D eigenvalue weighted by atomic mass is 31.2. The van der Waals surface area contributed by atoms with Crippen LogP contribution in [0.5, 0.6) is 0 Å². The molecule has 0 radical (unpaired) electrons. The lowest BCUT2D eigenvalue weighted by molar-refractivity contribution is -0.161. The number of aliphatic hydroxyl groups is 1. The monoisotopic (exact) mass is 1250 g/mol. The topological polar surface area (TPSA) is 237 Å². The lowest BCUT2D eigenvalue weighted by Gasteiger charge is -2.21. The smallest absolute Gasteiger partial charge is 0.462 e. The summed E-state index contributed by atoms with van der Waals surface area (Å²) in [7, 11) is -9.87. The first-order valence-electron chi connectivity index (χ1n) is 34.7. The van der Waals surface area contributed by atoms with Crippen LogP contribution in [-0.4, -0.2) is 96.7 Å². The number of esters is 4. The third-order valence-electron chi connectivity index (χ3n) is 15.6. The van der Waals surface area contributed by atoms with E-state index in [0.29, 0.717) is 25.7 Å². The molecule has 0 aromatic rings. The molecule has 0 fully saturated rings. The number of hydrogen-bond donors (Lipinski definition) is 3. The molecular formula is C66H128O17P2. The van der Waals surface area contributed by atoms with Gasteiger partial charge in [0.25, 0.3) is 0 Å². The van der Waals surface area contributed by atoms with Gasteiger partial charge in [0.15, 0.2) is 12.2 Å². The first-order chi connectivity index (χ1) is 41.1. The molecular weight excluding hydrogens is 1130 g/mol. The summed E-state index contributed by atoms with van der Waals surface area (Å²) in [6, 6.07) is 0. The van der Waals surface area contributed by atoms with Crippen molar-refractivity contribution in [1.82, 2.24) is 0 Å². The van der Waals surface area contributed by atoms with Crippen LogP contribution in [0.2, 0.25) is 0 Å². The molecule has 0 amide bonds. The molecule has 0 spiro atoms. The normalized spacial score (nSPS) is 14.5. The zero-order valence-corrected chi connectivity index (χ0v) is 56.5. The average Bonchev–Trinajstić information content (AvgIpc) is 3.61. The van der Waals surface area contributed by atoms with Crippen molar-refractivity contribution in [3.63, 3.8) is 0 Å². The largest absolute Gasteiger partial charge is 0.472 e. The van der Waals surface area contributed by atoms with E-state index in [-0.39, 0.29) is 25.7 Å². The fraction of sp³-hybridized carbons (Fsp3) is 0.939. The SMILES string of the molecule is CCCCCCCCCCC(=O)OC[C@H](COP(=O)(O)OC[C@@H](O)COP(=O)(O)OC[C@@H](COC(=O)CCCCCCCCC)OC(=O)CCCCCCCCCC)OC(=O)CCCCCCCCCCCCCCCCCCCCC(C)CC. The number of carbonyl (C=O) groups is 4. The Morgan fingerprint density at radius 1 is 0.329 bits per heavy atom. The molecule has 85 heavy (non-hydrogen) atoms. The van der Waals surface area contributed by atoms with E-state index in [1.54, 1.807) is 0 Å². The van der Waals surface area contributed by atoms with Crippen LogP contribution in [0.25, 0.3) is 0 Å². The van der Waals surface area contributed by atoms with Gasteiger partial charge in [-0.05, 0) is 31.6 Å². The maximum atomic E-state index is 13.0. The summed E-state index contributed by atoms with van der Waals surface area (Å²) in [6.45, 7) is 7.18. The number of phosphoric ester groups is 2. The van der Waals surface area contributed by atoms with Crippen LogP contribution in [0, 0.1) is 5.92 Å². The van der Waals surface area contributed by atoms with E-state index in [1.807, 2.05) is 0 Å². The second-order valence-corrected chi connectivity index (χ2v) is 27.0. The summed E-state index contributed by atoms with van der Waals surface area (Å²) in [6.07, 6.45) is 44.8. The Morgan fingerprint density at radius 2 is 0.565 bits per heavy atom. The van der Waals surface area contributed by atoms with Gasteiger partial charge in [0.1, 0.15) is 19.3 Å². The number of rotatable bonds is 66. The number of carbonyl (C=O) groups excluding carboxylic acids is 4. The van der Waals surface area contributed by atoms with E-state index in [1.165, 1.54) is 135 Å². The maximum Gasteiger partial charge on any atom is 0.472 e. The molecule has 0 aliphatic rings. The van der Waals surface area contributed by atoms with Crippen LogP contribution < -0.4 is 0 Å². The standard InChI is InChI=1S/C66H128O17P2/c1-6-10-13-16-19-35-40-45-50-64(69)77-56-62(83-66(71)52-47-42-37-32-30-28-26-24-22-21-23-25-27-29-31-34-38-43-48-59(5)9-4)58-81-85(74,75)79-54-60(67)53-78-84(72,73)80-57-61(55-76-63(68)49-44-39-33-18-15-12-8-3)82-65(70)51-46-41-36-20-17-14-11-7-2/h59-62,67H,6-58H2,1-5H3,(H,72,73)(H,74,75)/t59?,60-,61+,62+/m0/s1. The molecule has 17 nitrogen and oxygen atoms in total. The van der Waals surface area contributed by atoms with E-state index < -0.39 is 97.5 Å². The van der Waals surface area contributed by atoms with Gasteiger partial charge in [-0.1, -0.05) is 285 Å². The predicted molar refractivity (Wildman–Crippen MR) is 340 cm³/mol. The third kappa shape index (κ3) is 59.5. The molecule has 0 aromatic heterocycles. The van der Waals surface area contributed by atoms with E-state index >= 15 is 0 Å². The maximum absolute atomic E-state index is 13.0. The zero-order valence-electron chi connectivity index (χ0n) is 54.7. The molecule has 0 rings (SSSR count). The first kappa shape index (κ1) is 83.1. The van der Waals surface area contributed by atoms with Crippen molar-refractivity contribution in [1.29, 1.82) is 0 Å². The highest BCUT2D eigenvalue weighted by Gasteiger charge is 2.30. The first-order valence-corrected chi connectivity index (χ1v) is 37.7. The quantitative estimate of drug-likeness (QED) is 0.0222. The minimum absolute atomic E-state index is 0.105. The molecule has 3 unspecified atom stereocenters. The molecule has 0 saturated heterocycles. The average molecular weight is 1260 g/mol. The minimum Gasteiger partial charge on any atom is -0.462 e. The van der Waals surface area contributed by atoms with Gasteiger partial charge in [0.05, 0.1) is 26.4 Å². The van der Waals surface area contributed by atoms with Gasteiger partial charge < -0.3 is 33.8 Å². The van der Waals surface area contributed by atoms with Crippen molar-refractivity contribution in [2.75, 3.05) is 39.6 Å². The molecule has 0 aliphatic heterocycles. The molecule has 0 bridgehead atoms. The molecule has 504 valence electrons. The van der Waals surface area contributed by atoms with Crippen molar-refractivity contribution in [3.05, 3.63) is 0 Å². The number of ether oxygens (including phenoxy) is 4. The zero-order chi connectivity index (χ0) is 62.8. The molecule has 0 saturated carbocycles. The summed E-state index contributed by atoms with van der Waals surface area (Å²) in [5, 5.41) is 10.5. The van der Waals surface area contributed by atoms with Gasteiger partial charge in [-0.25, -0.2) is 9.13 Å². The van der Waals surface area contributed by atoms with Gasteiger partial charge in [-0.2, -0.15) is 0 Å².